The maximum atomic E-state index is 4.22. The lowest BCUT2D eigenvalue weighted by atomic mass is 9.68. The first kappa shape index (κ1) is 19.0. The molecular weight excluding hydrogens is 406 g/mol. The van der Waals surface area contributed by atoms with Crippen molar-refractivity contribution in [3.8, 4) is 0 Å². The van der Waals surface area contributed by atoms with Crippen LogP contribution in [0.5, 0.6) is 0 Å². The molecule has 1 heterocycles. The number of hydrogen-bond donors (Lipinski definition) is 0. The van der Waals surface area contributed by atoms with E-state index in [1.807, 2.05) is 0 Å². The maximum absolute atomic E-state index is 4.22. The summed E-state index contributed by atoms with van der Waals surface area (Å²) in [7, 11) is 2.33. The number of halogens is 1. The van der Waals surface area contributed by atoms with Gasteiger partial charge in [-0.05, 0) is 79.9 Å². The highest BCUT2D eigenvalue weighted by Crippen LogP contribution is 2.58. The van der Waals surface area contributed by atoms with Gasteiger partial charge in [0, 0.05) is 35.4 Å². The van der Waals surface area contributed by atoms with E-state index in [-0.39, 0.29) is 0 Å². The molecule has 0 radical (unpaired) electrons. The summed E-state index contributed by atoms with van der Waals surface area (Å²) in [6, 6.07) is 9.69. The molecule has 2 saturated carbocycles. The van der Waals surface area contributed by atoms with Crippen molar-refractivity contribution >= 4 is 22.0 Å². The Morgan fingerprint density at radius 1 is 1.07 bits per heavy atom. The van der Waals surface area contributed by atoms with Crippen LogP contribution in [0.4, 0.5) is 0 Å². The molecule has 4 aliphatic rings. The predicted octanol–water partition coefficient (Wildman–Crippen LogP) is 6.86. The van der Waals surface area contributed by atoms with E-state index in [0.717, 1.165) is 29.6 Å². The van der Waals surface area contributed by atoms with Crippen LogP contribution in [0.25, 0.3) is 6.08 Å². The standard InChI is InChI=1S/C26H34BrN/c1-15-13-23-22(14-24-25(26(23)27)16(2)17(3)28(24)4)20(15)12-11-19-10-9-18-7-5-6-8-21(18)19/h5-10,15,19-20,22-26H,11-14H2,1-4H3. The highest BCUT2D eigenvalue weighted by Gasteiger charge is 2.54. The van der Waals surface area contributed by atoms with E-state index in [0.29, 0.717) is 16.8 Å². The Balaban J connectivity index is 1.32. The van der Waals surface area contributed by atoms with Gasteiger partial charge in [-0.3, -0.25) is 0 Å². The van der Waals surface area contributed by atoms with Crippen LogP contribution in [0.3, 0.4) is 0 Å². The SMILES string of the molecule is CC1=C(C)N(C)C2CC3C(CCC4C=Cc5ccccc54)C(C)CC3C(Br)C12. The van der Waals surface area contributed by atoms with E-state index < -0.39 is 0 Å². The molecule has 1 nitrogen and oxygen atoms in total. The van der Waals surface area contributed by atoms with Gasteiger partial charge in [-0.2, -0.15) is 0 Å². The van der Waals surface area contributed by atoms with Gasteiger partial charge in [0.05, 0.1) is 0 Å². The zero-order valence-corrected chi connectivity index (χ0v) is 19.3. The van der Waals surface area contributed by atoms with Crippen LogP contribution in [-0.4, -0.2) is 22.8 Å². The molecule has 0 bridgehead atoms. The van der Waals surface area contributed by atoms with Crippen molar-refractivity contribution in [2.24, 2.45) is 29.6 Å². The van der Waals surface area contributed by atoms with Crippen LogP contribution in [0.1, 0.15) is 63.5 Å². The zero-order valence-electron chi connectivity index (χ0n) is 17.7. The predicted molar refractivity (Wildman–Crippen MR) is 122 cm³/mol. The van der Waals surface area contributed by atoms with E-state index in [4.69, 9.17) is 0 Å². The summed E-state index contributed by atoms with van der Waals surface area (Å²) in [6.45, 7) is 7.24. The molecule has 0 spiro atoms. The van der Waals surface area contributed by atoms with Crippen LogP contribution < -0.4 is 0 Å². The van der Waals surface area contributed by atoms with Crippen molar-refractivity contribution in [2.75, 3.05) is 7.05 Å². The van der Waals surface area contributed by atoms with Gasteiger partial charge in [0.25, 0.3) is 0 Å². The molecule has 150 valence electrons. The summed E-state index contributed by atoms with van der Waals surface area (Å²) in [4.78, 5) is 3.26. The first-order valence-electron chi connectivity index (χ1n) is 11.3. The van der Waals surface area contributed by atoms with Gasteiger partial charge in [-0.1, -0.05) is 59.3 Å². The Hall–Kier alpha value is -1.02. The Kier molecular flexibility index (Phi) is 4.77. The van der Waals surface area contributed by atoms with E-state index in [1.165, 1.54) is 36.9 Å². The second-order valence-electron chi connectivity index (χ2n) is 10.0. The average Bonchev–Trinajstić information content (AvgIpc) is 3.31. The van der Waals surface area contributed by atoms with Crippen LogP contribution >= 0.6 is 15.9 Å². The van der Waals surface area contributed by atoms with Crippen LogP contribution in [0, 0.1) is 29.6 Å². The molecule has 0 saturated heterocycles. The summed E-state index contributed by atoms with van der Waals surface area (Å²) >= 11 is 4.22. The van der Waals surface area contributed by atoms with Crippen LogP contribution in [0.15, 0.2) is 41.6 Å². The molecule has 5 rings (SSSR count). The Bertz CT molecular complexity index is 823. The molecule has 2 heteroatoms. The number of allylic oxidation sites excluding steroid dienone is 2. The Morgan fingerprint density at radius 3 is 2.68 bits per heavy atom. The highest BCUT2D eigenvalue weighted by atomic mass is 79.9. The van der Waals surface area contributed by atoms with Crippen molar-refractivity contribution in [1.29, 1.82) is 0 Å². The van der Waals surface area contributed by atoms with Crippen molar-refractivity contribution in [3.05, 3.63) is 52.7 Å². The molecule has 1 aromatic rings. The lowest BCUT2D eigenvalue weighted by molar-refractivity contribution is 0.117. The molecule has 0 amide bonds. The fourth-order valence-electron chi connectivity index (χ4n) is 7.28. The summed E-state index contributed by atoms with van der Waals surface area (Å²) < 4.78 is 0. The third-order valence-electron chi connectivity index (χ3n) is 8.97. The van der Waals surface area contributed by atoms with Crippen LogP contribution in [-0.2, 0) is 0 Å². The summed E-state index contributed by atoms with van der Waals surface area (Å²) in [5.41, 5.74) is 6.15. The largest absolute Gasteiger partial charge is 0.375 e. The first-order chi connectivity index (χ1) is 13.5. The quantitative estimate of drug-likeness (QED) is 0.464. The fourth-order valence-corrected chi connectivity index (χ4v) is 8.64. The minimum Gasteiger partial charge on any atom is -0.375 e. The number of nitrogens with zero attached hydrogens (tertiary/aromatic N) is 1. The van der Waals surface area contributed by atoms with Crippen molar-refractivity contribution < 1.29 is 0 Å². The minimum atomic E-state index is 0.638. The van der Waals surface area contributed by atoms with Crippen LogP contribution in [0.2, 0.25) is 0 Å². The number of fused-ring (bicyclic) bond motifs is 3. The van der Waals surface area contributed by atoms with Gasteiger partial charge in [0.1, 0.15) is 0 Å². The minimum absolute atomic E-state index is 0.638. The van der Waals surface area contributed by atoms with Crippen molar-refractivity contribution in [3.63, 3.8) is 0 Å². The number of rotatable bonds is 3. The smallest absolute Gasteiger partial charge is 0.0363 e. The molecule has 0 N–H and O–H groups in total. The van der Waals surface area contributed by atoms with E-state index in [1.54, 1.807) is 11.1 Å². The second-order valence-corrected chi connectivity index (χ2v) is 11.1. The average molecular weight is 440 g/mol. The molecule has 8 unspecified atom stereocenters. The topological polar surface area (TPSA) is 3.24 Å². The number of alkyl halides is 1. The molecule has 8 atom stereocenters. The summed E-state index contributed by atoms with van der Waals surface area (Å²) in [5, 5.41) is 0. The van der Waals surface area contributed by atoms with Gasteiger partial charge in [0.15, 0.2) is 0 Å². The van der Waals surface area contributed by atoms with Gasteiger partial charge in [0.2, 0.25) is 0 Å². The zero-order chi connectivity index (χ0) is 19.6. The van der Waals surface area contributed by atoms with Gasteiger partial charge < -0.3 is 4.90 Å². The van der Waals surface area contributed by atoms with E-state index in [2.05, 4.69) is 85.1 Å². The fraction of sp³-hybridized carbons (Fsp3) is 0.615. The van der Waals surface area contributed by atoms with Crippen molar-refractivity contribution in [1.82, 2.24) is 4.90 Å². The van der Waals surface area contributed by atoms with Gasteiger partial charge >= 0.3 is 0 Å². The third kappa shape index (κ3) is 2.77. The third-order valence-corrected chi connectivity index (χ3v) is 10.2. The highest BCUT2D eigenvalue weighted by molar-refractivity contribution is 9.09. The number of benzene rings is 1. The molecule has 2 fully saturated rings. The first-order valence-corrected chi connectivity index (χ1v) is 12.2. The maximum Gasteiger partial charge on any atom is 0.0363 e. The lowest BCUT2D eigenvalue weighted by Crippen LogP contribution is -2.46. The molecule has 28 heavy (non-hydrogen) atoms. The molecule has 1 aromatic carbocycles. The Morgan fingerprint density at radius 2 is 1.86 bits per heavy atom. The second kappa shape index (κ2) is 7.04. The van der Waals surface area contributed by atoms with E-state index in [9.17, 15) is 0 Å². The molecular formula is C26H34BrN. The Labute approximate surface area is 179 Å². The molecule has 1 aliphatic heterocycles. The van der Waals surface area contributed by atoms with Crippen molar-refractivity contribution in [2.45, 2.75) is 63.2 Å². The molecule has 0 aromatic heterocycles. The van der Waals surface area contributed by atoms with Gasteiger partial charge in [-0.15, -0.1) is 0 Å². The summed E-state index contributed by atoms with van der Waals surface area (Å²) in [5.74, 6) is 4.87. The summed E-state index contributed by atoms with van der Waals surface area (Å²) in [6.07, 6.45) is 10.3. The lowest BCUT2D eigenvalue weighted by Gasteiger charge is -2.44. The molecule has 3 aliphatic carbocycles. The van der Waals surface area contributed by atoms with Gasteiger partial charge in [-0.25, -0.2) is 0 Å². The normalized spacial score (nSPS) is 41.4. The number of hydrogen-bond acceptors (Lipinski definition) is 1. The monoisotopic (exact) mass is 439 g/mol. The van der Waals surface area contributed by atoms with E-state index >= 15 is 0 Å².